The number of carbonyl (C=O) groups is 1. The average Bonchev–Trinajstić information content (AvgIpc) is 2.49. The molecular formula is C16H23BrN2OS. The third-order valence-corrected chi connectivity index (χ3v) is 6.06. The molecule has 0 unspecified atom stereocenters. The number of nitrogens with zero attached hydrogens (tertiary/aromatic N) is 1. The maximum atomic E-state index is 12.3. The van der Waals surface area contributed by atoms with Crippen molar-refractivity contribution in [2.45, 2.75) is 37.6 Å². The molecule has 2 rings (SSSR count). The van der Waals surface area contributed by atoms with Gasteiger partial charge in [0.05, 0.1) is 5.75 Å². The van der Waals surface area contributed by atoms with Crippen LogP contribution >= 0.6 is 27.7 Å². The van der Waals surface area contributed by atoms with Gasteiger partial charge >= 0.3 is 0 Å². The molecule has 1 fully saturated rings. The third kappa shape index (κ3) is 4.47. The first-order chi connectivity index (χ1) is 10.0. The van der Waals surface area contributed by atoms with E-state index in [2.05, 4.69) is 47.2 Å². The van der Waals surface area contributed by atoms with E-state index in [4.69, 9.17) is 0 Å². The number of aryl methyl sites for hydroxylation is 2. The van der Waals surface area contributed by atoms with Gasteiger partial charge in [-0.05, 0) is 57.0 Å². The first kappa shape index (κ1) is 16.8. The van der Waals surface area contributed by atoms with Crippen LogP contribution in [-0.2, 0) is 4.79 Å². The van der Waals surface area contributed by atoms with E-state index < -0.39 is 0 Å². The van der Waals surface area contributed by atoms with Crippen molar-refractivity contribution in [2.75, 3.05) is 25.9 Å². The lowest BCUT2D eigenvalue weighted by atomic mass is 10.1. The summed E-state index contributed by atoms with van der Waals surface area (Å²) in [6.07, 6.45) is 2.12. The Hall–Kier alpha value is -0.520. The van der Waals surface area contributed by atoms with Crippen LogP contribution in [0, 0.1) is 13.8 Å². The monoisotopic (exact) mass is 370 g/mol. The van der Waals surface area contributed by atoms with Crippen LogP contribution in [0.2, 0.25) is 0 Å². The quantitative estimate of drug-likeness (QED) is 0.824. The number of likely N-dealkylation sites (tertiary alicyclic amines) is 1. The highest BCUT2D eigenvalue weighted by atomic mass is 79.9. The van der Waals surface area contributed by atoms with E-state index in [0.29, 0.717) is 11.8 Å². The van der Waals surface area contributed by atoms with Gasteiger partial charge in [-0.1, -0.05) is 15.9 Å². The van der Waals surface area contributed by atoms with E-state index in [0.717, 1.165) is 30.4 Å². The normalized spacial score (nSPS) is 16.3. The molecule has 5 heteroatoms. The van der Waals surface area contributed by atoms with Crippen LogP contribution in [0.3, 0.4) is 0 Å². The van der Waals surface area contributed by atoms with Gasteiger partial charge in [0.1, 0.15) is 0 Å². The molecule has 1 N–H and O–H groups in total. The molecule has 1 heterocycles. The molecule has 0 bridgehead atoms. The molecule has 116 valence electrons. The standard InChI is InChI=1S/C16H23BrN2OS/c1-11-9-15(12(2)8-14(11)17)21-10-16(20)19-6-4-13(18-3)5-7-19/h8-9,13,18H,4-7,10H2,1-3H3. The molecule has 21 heavy (non-hydrogen) atoms. The number of amides is 1. The molecule has 1 aliphatic rings. The van der Waals surface area contributed by atoms with E-state index >= 15 is 0 Å². The van der Waals surface area contributed by atoms with Gasteiger partial charge in [0, 0.05) is 28.5 Å². The van der Waals surface area contributed by atoms with E-state index in [1.807, 2.05) is 11.9 Å². The van der Waals surface area contributed by atoms with Gasteiger partial charge in [-0.25, -0.2) is 0 Å². The number of hydrogen-bond acceptors (Lipinski definition) is 3. The number of benzene rings is 1. The molecule has 1 saturated heterocycles. The summed E-state index contributed by atoms with van der Waals surface area (Å²) < 4.78 is 1.13. The lowest BCUT2D eigenvalue weighted by Gasteiger charge is -2.31. The van der Waals surface area contributed by atoms with E-state index in [-0.39, 0.29) is 5.91 Å². The Labute approximate surface area is 140 Å². The maximum absolute atomic E-state index is 12.3. The fraction of sp³-hybridized carbons (Fsp3) is 0.562. The van der Waals surface area contributed by atoms with Crippen molar-refractivity contribution >= 4 is 33.6 Å². The number of nitrogens with one attached hydrogen (secondary N) is 1. The van der Waals surface area contributed by atoms with Crippen molar-refractivity contribution in [3.8, 4) is 0 Å². The molecule has 0 aromatic heterocycles. The van der Waals surface area contributed by atoms with Crippen LogP contribution < -0.4 is 5.32 Å². The Morgan fingerprint density at radius 2 is 2.00 bits per heavy atom. The van der Waals surface area contributed by atoms with Crippen LogP contribution in [0.5, 0.6) is 0 Å². The highest BCUT2D eigenvalue weighted by Crippen LogP contribution is 2.28. The minimum atomic E-state index is 0.259. The van der Waals surface area contributed by atoms with Crippen LogP contribution in [0.25, 0.3) is 0 Å². The van der Waals surface area contributed by atoms with Gasteiger partial charge in [-0.15, -0.1) is 11.8 Å². The molecule has 1 aromatic rings. The Morgan fingerprint density at radius 1 is 1.33 bits per heavy atom. The summed E-state index contributed by atoms with van der Waals surface area (Å²) in [5, 5.41) is 3.29. The van der Waals surface area contributed by atoms with Crippen molar-refractivity contribution in [2.24, 2.45) is 0 Å². The second-order valence-electron chi connectivity index (χ2n) is 5.60. The molecule has 0 radical (unpaired) electrons. The van der Waals surface area contributed by atoms with Gasteiger partial charge < -0.3 is 10.2 Å². The highest BCUT2D eigenvalue weighted by Gasteiger charge is 2.21. The number of hydrogen-bond donors (Lipinski definition) is 1. The summed E-state index contributed by atoms with van der Waals surface area (Å²) in [6, 6.07) is 4.85. The van der Waals surface area contributed by atoms with Gasteiger partial charge in [0.15, 0.2) is 0 Å². The van der Waals surface area contributed by atoms with Crippen molar-refractivity contribution in [1.29, 1.82) is 0 Å². The van der Waals surface area contributed by atoms with E-state index in [9.17, 15) is 4.79 Å². The molecule has 0 saturated carbocycles. The molecule has 0 atom stereocenters. The fourth-order valence-corrected chi connectivity index (χ4v) is 4.02. The first-order valence-corrected chi connectivity index (χ1v) is 9.13. The zero-order chi connectivity index (χ0) is 15.4. The maximum Gasteiger partial charge on any atom is 0.232 e. The fourth-order valence-electron chi connectivity index (χ4n) is 2.56. The largest absolute Gasteiger partial charge is 0.342 e. The zero-order valence-corrected chi connectivity index (χ0v) is 15.3. The number of halogens is 1. The predicted octanol–water partition coefficient (Wildman–Crippen LogP) is 3.37. The van der Waals surface area contributed by atoms with Crippen molar-refractivity contribution in [3.63, 3.8) is 0 Å². The summed E-state index contributed by atoms with van der Waals surface area (Å²) in [4.78, 5) is 15.5. The van der Waals surface area contributed by atoms with Crippen molar-refractivity contribution in [1.82, 2.24) is 10.2 Å². The number of piperidine rings is 1. The van der Waals surface area contributed by atoms with Crippen LogP contribution in [0.1, 0.15) is 24.0 Å². The van der Waals surface area contributed by atoms with Crippen LogP contribution in [0.4, 0.5) is 0 Å². The van der Waals surface area contributed by atoms with Crippen LogP contribution in [0.15, 0.2) is 21.5 Å². The Kier molecular flexibility index (Phi) is 6.14. The minimum absolute atomic E-state index is 0.259. The number of thioether (sulfide) groups is 1. The predicted molar refractivity (Wildman–Crippen MR) is 93.0 cm³/mol. The molecule has 0 aliphatic carbocycles. The summed E-state index contributed by atoms with van der Waals surface area (Å²) in [7, 11) is 2.00. The summed E-state index contributed by atoms with van der Waals surface area (Å²) >= 11 is 5.20. The van der Waals surface area contributed by atoms with Crippen molar-refractivity contribution < 1.29 is 4.79 Å². The Balaban J connectivity index is 1.88. The van der Waals surface area contributed by atoms with Gasteiger partial charge in [-0.3, -0.25) is 4.79 Å². The molecule has 1 aromatic carbocycles. The average molecular weight is 371 g/mol. The Morgan fingerprint density at radius 3 is 2.62 bits per heavy atom. The first-order valence-electron chi connectivity index (χ1n) is 7.36. The molecule has 3 nitrogen and oxygen atoms in total. The Bertz CT molecular complexity index is 513. The number of rotatable bonds is 4. The molecular weight excluding hydrogens is 348 g/mol. The van der Waals surface area contributed by atoms with Crippen molar-refractivity contribution in [3.05, 3.63) is 27.7 Å². The minimum Gasteiger partial charge on any atom is -0.342 e. The van der Waals surface area contributed by atoms with Gasteiger partial charge in [0.2, 0.25) is 5.91 Å². The highest BCUT2D eigenvalue weighted by molar-refractivity contribution is 9.10. The second kappa shape index (κ2) is 7.65. The topological polar surface area (TPSA) is 32.3 Å². The lowest BCUT2D eigenvalue weighted by molar-refractivity contribution is -0.129. The molecule has 1 aliphatic heterocycles. The third-order valence-electron chi connectivity index (χ3n) is 4.06. The smallest absolute Gasteiger partial charge is 0.232 e. The zero-order valence-electron chi connectivity index (χ0n) is 12.9. The van der Waals surface area contributed by atoms with Gasteiger partial charge in [0.25, 0.3) is 0 Å². The van der Waals surface area contributed by atoms with E-state index in [1.165, 1.54) is 16.0 Å². The lowest BCUT2D eigenvalue weighted by Crippen LogP contribution is -2.44. The molecule has 0 spiro atoms. The number of carbonyl (C=O) groups excluding carboxylic acids is 1. The van der Waals surface area contributed by atoms with Crippen LogP contribution in [-0.4, -0.2) is 42.7 Å². The summed E-state index contributed by atoms with van der Waals surface area (Å²) in [6.45, 7) is 5.93. The second-order valence-corrected chi connectivity index (χ2v) is 7.47. The van der Waals surface area contributed by atoms with Gasteiger partial charge in [-0.2, -0.15) is 0 Å². The summed E-state index contributed by atoms with van der Waals surface area (Å²) in [5.74, 6) is 0.793. The molecule has 1 amide bonds. The van der Waals surface area contributed by atoms with E-state index in [1.54, 1.807) is 11.8 Å². The SMILES string of the molecule is CNC1CCN(C(=O)CSc2cc(C)c(Br)cc2C)CC1. The summed E-state index contributed by atoms with van der Waals surface area (Å²) in [5.41, 5.74) is 2.43.